The summed E-state index contributed by atoms with van der Waals surface area (Å²) in [6.45, 7) is 0. The fraction of sp³-hybridized carbons (Fsp3) is 0.0500. The second-order valence-electron chi connectivity index (χ2n) is 5.78. The molecule has 0 aliphatic carbocycles. The molecule has 0 aliphatic rings. The molecule has 0 unspecified atom stereocenters. The van der Waals surface area contributed by atoms with Crippen molar-refractivity contribution in [2.75, 3.05) is 0 Å². The maximum absolute atomic E-state index is 11.1. The van der Waals surface area contributed by atoms with Gasteiger partial charge in [0.1, 0.15) is 0 Å². The third kappa shape index (κ3) is 6.25. The summed E-state index contributed by atoms with van der Waals surface area (Å²) in [5.41, 5.74) is 0.813. The molecule has 0 saturated heterocycles. The van der Waals surface area contributed by atoms with Crippen LogP contribution in [0.25, 0.3) is 0 Å². The number of rotatable bonds is 9. The maximum atomic E-state index is 11.1. The van der Waals surface area contributed by atoms with Crippen molar-refractivity contribution in [1.82, 2.24) is 0 Å². The van der Waals surface area contributed by atoms with E-state index in [1.807, 2.05) is 6.07 Å². The van der Waals surface area contributed by atoms with E-state index in [9.17, 15) is 20.2 Å². The Morgan fingerprint density at radius 3 is 1.48 bits per heavy atom. The average Bonchev–Trinajstić information content (AvgIpc) is 2.77. The molecule has 3 aromatic rings. The first-order chi connectivity index (χ1) is 15.0. The summed E-state index contributed by atoms with van der Waals surface area (Å²) < 4.78 is 12.9. The monoisotopic (exact) mass is 647 g/mol. The number of hydrogen-bond acceptors (Lipinski definition) is 7. The molecular formula is C20H15I2N3O6. The quantitative estimate of drug-likeness (QED) is 0.180. The fourth-order valence-corrected chi connectivity index (χ4v) is 9.62. The summed E-state index contributed by atoms with van der Waals surface area (Å²) in [7, 11) is 0. The van der Waals surface area contributed by atoms with E-state index in [4.69, 9.17) is 11.6 Å². The minimum atomic E-state index is -2.86. The first-order valence-electron chi connectivity index (χ1n) is 8.64. The molecular weight excluding hydrogens is 632 g/mol. The van der Waals surface area contributed by atoms with Crippen LogP contribution in [0.4, 0.5) is 0 Å². The Morgan fingerprint density at radius 1 is 0.710 bits per heavy atom. The van der Waals surface area contributed by atoms with Gasteiger partial charge in [-0.1, -0.05) is 0 Å². The molecule has 0 radical (unpaired) electrons. The van der Waals surface area contributed by atoms with Crippen LogP contribution in [0.15, 0.2) is 78.9 Å². The number of benzene rings is 3. The van der Waals surface area contributed by atoms with Gasteiger partial charge in [0.25, 0.3) is 0 Å². The Hall–Kier alpha value is -2.99. The van der Waals surface area contributed by atoms with Crippen molar-refractivity contribution in [2.45, 2.75) is 6.42 Å². The van der Waals surface area contributed by atoms with Crippen molar-refractivity contribution in [1.29, 1.82) is 5.26 Å². The molecule has 31 heavy (non-hydrogen) atoms. The molecule has 0 spiro atoms. The molecule has 3 aromatic carbocycles. The molecule has 0 N–H and O–H groups in total. The van der Waals surface area contributed by atoms with Crippen LogP contribution in [0.1, 0.15) is 5.56 Å². The zero-order valence-electron chi connectivity index (χ0n) is 15.8. The Kier molecular flexibility index (Phi) is 7.95. The predicted octanol–water partition coefficient (Wildman–Crippen LogP) is 5.09. The van der Waals surface area contributed by atoms with Crippen molar-refractivity contribution < 1.29 is 16.5 Å². The molecule has 0 aromatic heterocycles. The third-order valence-electron chi connectivity index (χ3n) is 3.78. The SMILES string of the molecule is N#CCc1ccc(I(O[N+](=O)[O-])c2ccc(I(O[N+](=O)[O-])c3ccccc3)cc2)cc1. The first kappa shape index (κ1) is 22.7. The second-order valence-corrected chi connectivity index (χ2v) is 14.4. The van der Waals surface area contributed by atoms with Gasteiger partial charge < -0.3 is 0 Å². The second kappa shape index (κ2) is 10.9. The zero-order valence-corrected chi connectivity index (χ0v) is 20.1. The molecule has 11 heteroatoms. The van der Waals surface area contributed by atoms with E-state index in [-0.39, 0.29) is 6.42 Å². The molecule has 0 saturated carbocycles. The van der Waals surface area contributed by atoms with Gasteiger partial charge in [-0.05, 0) is 0 Å². The Morgan fingerprint density at radius 2 is 1.10 bits per heavy atom. The number of nitriles is 1. The van der Waals surface area contributed by atoms with Crippen LogP contribution in [0.3, 0.4) is 0 Å². The Bertz CT molecular complexity index is 1090. The molecule has 160 valence electrons. The van der Waals surface area contributed by atoms with Crippen LogP contribution in [-0.4, -0.2) is 10.2 Å². The molecule has 0 atom stereocenters. The summed E-state index contributed by atoms with van der Waals surface area (Å²) >= 11 is -5.63. The van der Waals surface area contributed by atoms with Crippen LogP contribution in [0.2, 0.25) is 0 Å². The van der Waals surface area contributed by atoms with E-state index < -0.39 is 50.6 Å². The number of hydrogen-bond donors (Lipinski definition) is 0. The molecule has 0 bridgehead atoms. The predicted molar refractivity (Wildman–Crippen MR) is 128 cm³/mol. The van der Waals surface area contributed by atoms with E-state index in [1.165, 1.54) is 0 Å². The van der Waals surface area contributed by atoms with Gasteiger partial charge in [0, 0.05) is 0 Å². The van der Waals surface area contributed by atoms with E-state index in [0.29, 0.717) is 10.7 Å². The molecule has 0 aliphatic heterocycles. The minimum absolute atomic E-state index is 0.252. The topological polar surface area (TPSA) is 129 Å². The van der Waals surface area contributed by atoms with E-state index in [1.54, 1.807) is 72.8 Å². The Labute approximate surface area is 192 Å². The van der Waals surface area contributed by atoms with Gasteiger partial charge in [-0.2, -0.15) is 0 Å². The van der Waals surface area contributed by atoms with Crippen molar-refractivity contribution in [2.24, 2.45) is 0 Å². The summed E-state index contributed by atoms with van der Waals surface area (Å²) in [6, 6.07) is 24.9. The summed E-state index contributed by atoms with van der Waals surface area (Å²) in [5.74, 6) is 0. The molecule has 3 rings (SSSR count). The van der Waals surface area contributed by atoms with E-state index in [2.05, 4.69) is 6.07 Å². The standard InChI is InChI=1S/C20H15I2N3O6/c23-15-14-16-6-8-18(9-7-16)22(31-25(28)29)20-12-10-19(11-13-20)21(30-24(26)27)17-4-2-1-3-5-17/h1-13H,14H2. The van der Waals surface area contributed by atoms with Gasteiger partial charge >= 0.3 is 194 Å². The van der Waals surface area contributed by atoms with Crippen molar-refractivity contribution in [3.8, 4) is 6.07 Å². The molecule has 0 fully saturated rings. The Balaban J connectivity index is 1.92. The first-order valence-corrected chi connectivity index (χ1v) is 14.7. The van der Waals surface area contributed by atoms with Gasteiger partial charge in [0.2, 0.25) is 0 Å². The van der Waals surface area contributed by atoms with Gasteiger partial charge in [0.15, 0.2) is 0 Å². The third-order valence-corrected chi connectivity index (χ3v) is 12.6. The zero-order chi connectivity index (χ0) is 22.2. The van der Waals surface area contributed by atoms with Crippen LogP contribution < -0.4 is 0 Å². The normalized spacial score (nSPS) is 11.1. The molecule has 0 amide bonds. The van der Waals surface area contributed by atoms with Gasteiger partial charge in [-0.3, -0.25) is 0 Å². The number of nitrogens with zero attached hydrogens (tertiary/aromatic N) is 3. The summed E-state index contributed by atoms with van der Waals surface area (Å²) in [6.07, 6.45) is 0.252. The van der Waals surface area contributed by atoms with E-state index >= 15 is 0 Å². The summed E-state index contributed by atoms with van der Waals surface area (Å²) in [4.78, 5) is 22.1. The van der Waals surface area contributed by atoms with Crippen molar-refractivity contribution in [3.63, 3.8) is 0 Å². The van der Waals surface area contributed by atoms with Crippen LogP contribution in [-0.2, 0) is 12.8 Å². The van der Waals surface area contributed by atoms with Crippen molar-refractivity contribution >= 4 is 40.5 Å². The van der Waals surface area contributed by atoms with Gasteiger partial charge in [-0.25, -0.2) is 0 Å². The fourth-order valence-electron chi connectivity index (χ4n) is 2.52. The average molecular weight is 647 g/mol. The molecule has 9 nitrogen and oxygen atoms in total. The molecule has 0 heterocycles. The van der Waals surface area contributed by atoms with Crippen LogP contribution in [0, 0.1) is 45.8 Å². The van der Waals surface area contributed by atoms with Crippen molar-refractivity contribution in [3.05, 3.63) is 119 Å². The van der Waals surface area contributed by atoms with Crippen LogP contribution >= 0.6 is 40.5 Å². The van der Waals surface area contributed by atoms with Gasteiger partial charge in [0.05, 0.1) is 0 Å². The number of halogens is 2. The van der Waals surface area contributed by atoms with Gasteiger partial charge in [-0.15, -0.1) is 0 Å². The van der Waals surface area contributed by atoms with E-state index in [0.717, 1.165) is 9.13 Å². The summed E-state index contributed by atoms with van der Waals surface area (Å²) in [5, 5.41) is 29.4. The van der Waals surface area contributed by atoms with Crippen LogP contribution in [0.5, 0.6) is 0 Å².